The summed E-state index contributed by atoms with van der Waals surface area (Å²) in [4.78, 5) is 2.62. The highest BCUT2D eigenvalue weighted by molar-refractivity contribution is 5.33. The molecule has 0 spiro atoms. The second-order valence-electron chi connectivity index (χ2n) is 6.48. The molecule has 0 amide bonds. The van der Waals surface area contributed by atoms with Gasteiger partial charge in [-0.2, -0.15) is 0 Å². The van der Waals surface area contributed by atoms with Crippen molar-refractivity contribution in [2.75, 3.05) is 26.7 Å². The molecule has 1 unspecified atom stereocenters. The molecule has 0 aromatic heterocycles. The van der Waals surface area contributed by atoms with E-state index in [4.69, 9.17) is 4.74 Å². The molecule has 1 saturated heterocycles. The van der Waals surface area contributed by atoms with Gasteiger partial charge in [-0.25, -0.2) is 0 Å². The third kappa shape index (κ3) is 5.01. The van der Waals surface area contributed by atoms with Crippen LogP contribution >= 0.6 is 0 Å². The van der Waals surface area contributed by atoms with Crippen molar-refractivity contribution >= 4 is 0 Å². The standard InChI is InChI=1S/C18H30N2O/c1-15(2)12-19-13-17-9-6-7-11-20(17)14-16-8-4-5-10-18(16)21-3/h4-5,8,10,15,17,19H,6-7,9,11-14H2,1-3H3. The smallest absolute Gasteiger partial charge is 0.123 e. The van der Waals surface area contributed by atoms with E-state index in [0.717, 1.165) is 31.3 Å². The topological polar surface area (TPSA) is 24.5 Å². The van der Waals surface area contributed by atoms with Gasteiger partial charge in [0.2, 0.25) is 0 Å². The molecular weight excluding hydrogens is 260 g/mol. The first-order valence-electron chi connectivity index (χ1n) is 8.27. The molecule has 118 valence electrons. The van der Waals surface area contributed by atoms with Crippen molar-refractivity contribution in [2.24, 2.45) is 5.92 Å². The molecule has 3 nitrogen and oxygen atoms in total. The van der Waals surface area contributed by atoms with Gasteiger partial charge >= 0.3 is 0 Å². The van der Waals surface area contributed by atoms with Crippen LogP contribution in [0.4, 0.5) is 0 Å². The summed E-state index contributed by atoms with van der Waals surface area (Å²) >= 11 is 0. The second-order valence-corrected chi connectivity index (χ2v) is 6.48. The molecule has 0 aliphatic carbocycles. The van der Waals surface area contributed by atoms with E-state index >= 15 is 0 Å². The minimum Gasteiger partial charge on any atom is -0.496 e. The summed E-state index contributed by atoms with van der Waals surface area (Å²) in [5, 5.41) is 3.63. The van der Waals surface area contributed by atoms with Crippen molar-refractivity contribution in [1.82, 2.24) is 10.2 Å². The molecule has 0 saturated carbocycles. The molecule has 3 heteroatoms. The summed E-state index contributed by atoms with van der Waals surface area (Å²) in [6.07, 6.45) is 3.98. The van der Waals surface area contributed by atoms with Gasteiger partial charge < -0.3 is 10.1 Å². The highest BCUT2D eigenvalue weighted by Crippen LogP contribution is 2.24. The Morgan fingerprint density at radius 2 is 2.10 bits per heavy atom. The lowest BCUT2D eigenvalue weighted by atomic mass is 10.0. The monoisotopic (exact) mass is 290 g/mol. The maximum Gasteiger partial charge on any atom is 0.123 e. The Hall–Kier alpha value is -1.06. The van der Waals surface area contributed by atoms with E-state index < -0.39 is 0 Å². The highest BCUT2D eigenvalue weighted by Gasteiger charge is 2.22. The highest BCUT2D eigenvalue weighted by atomic mass is 16.5. The van der Waals surface area contributed by atoms with E-state index in [-0.39, 0.29) is 0 Å². The number of rotatable bonds is 7. The molecule has 1 aliphatic heterocycles. The van der Waals surface area contributed by atoms with Crippen LogP contribution in [-0.4, -0.2) is 37.7 Å². The van der Waals surface area contributed by atoms with Crippen molar-refractivity contribution < 1.29 is 4.74 Å². The predicted molar refractivity (Wildman–Crippen MR) is 88.8 cm³/mol. The predicted octanol–water partition coefficient (Wildman–Crippen LogP) is 3.30. The Morgan fingerprint density at radius 3 is 2.86 bits per heavy atom. The van der Waals surface area contributed by atoms with Gasteiger partial charge in [-0.1, -0.05) is 38.5 Å². The third-order valence-corrected chi connectivity index (χ3v) is 4.25. The lowest BCUT2D eigenvalue weighted by molar-refractivity contribution is 0.135. The summed E-state index contributed by atoms with van der Waals surface area (Å²) in [6, 6.07) is 9.05. The number of nitrogens with one attached hydrogen (secondary N) is 1. The number of hydrogen-bond acceptors (Lipinski definition) is 3. The summed E-state index contributed by atoms with van der Waals surface area (Å²) < 4.78 is 5.49. The van der Waals surface area contributed by atoms with Crippen LogP contribution < -0.4 is 10.1 Å². The van der Waals surface area contributed by atoms with Crippen molar-refractivity contribution in [3.63, 3.8) is 0 Å². The molecule has 2 rings (SSSR count). The van der Waals surface area contributed by atoms with E-state index in [1.165, 1.54) is 31.4 Å². The summed E-state index contributed by atoms with van der Waals surface area (Å²) in [7, 11) is 1.76. The Balaban J connectivity index is 1.95. The van der Waals surface area contributed by atoms with E-state index in [0.29, 0.717) is 6.04 Å². The fourth-order valence-corrected chi connectivity index (χ4v) is 3.09. The summed E-state index contributed by atoms with van der Waals surface area (Å²) in [5.41, 5.74) is 1.30. The van der Waals surface area contributed by atoms with Gasteiger partial charge in [0.25, 0.3) is 0 Å². The molecule has 1 aliphatic rings. The van der Waals surface area contributed by atoms with Gasteiger partial charge in [0.15, 0.2) is 0 Å². The Labute approximate surface area is 129 Å². The Kier molecular flexibility index (Phi) is 6.52. The SMILES string of the molecule is COc1ccccc1CN1CCCCC1CNCC(C)C. The van der Waals surface area contributed by atoms with Crippen LogP contribution in [0.2, 0.25) is 0 Å². The normalized spacial score (nSPS) is 19.9. The largest absolute Gasteiger partial charge is 0.496 e. The summed E-state index contributed by atoms with van der Waals surface area (Å²) in [5.74, 6) is 1.73. The first-order chi connectivity index (χ1) is 10.2. The fourth-order valence-electron chi connectivity index (χ4n) is 3.09. The van der Waals surface area contributed by atoms with Gasteiger partial charge in [-0.05, 0) is 37.9 Å². The number of likely N-dealkylation sites (tertiary alicyclic amines) is 1. The molecular formula is C18H30N2O. The number of piperidine rings is 1. The van der Waals surface area contributed by atoms with E-state index in [1.807, 2.05) is 6.07 Å². The van der Waals surface area contributed by atoms with E-state index in [1.54, 1.807) is 7.11 Å². The first-order valence-corrected chi connectivity index (χ1v) is 8.27. The zero-order chi connectivity index (χ0) is 15.1. The Bertz CT molecular complexity index is 419. The van der Waals surface area contributed by atoms with Gasteiger partial charge in [0.05, 0.1) is 7.11 Å². The molecule has 0 bridgehead atoms. The van der Waals surface area contributed by atoms with Gasteiger partial charge in [0.1, 0.15) is 5.75 Å². The lowest BCUT2D eigenvalue weighted by Gasteiger charge is -2.36. The van der Waals surface area contributed by atoms with E-state index in [9.17, 15) is 0 Å². The zero-order valence-electron chi connectivity index (χ0n) is 13.8. The molecule has 21 heavy (non-hydrogen) atoms. The van der Waals surface area contributed by atoms with Gasteiger partial charge in [-0.3, -0.25) is 4.90 Å². The average Bonchev–Trinajstić information content (AvgIpc) is 2.49. The average molecular weight is 290 g/mol. The van der Waals surface area contributed by atoms with Crippen LogP contribution in [0.15, 0.2) is 24.3 Å². The number of hydrogen-bond donors (Lipinski definition) is 1. The number of para-hydroxylation sites is 1. The quantitative estimate of drug-likeness (QED) is 0.834. The van der Waals surface area contributed by atoms with Gasteiger partial charge in [0, 0.05) is 24.7 Å². The lowest BCUT2D eigenvalue weighted by Crippen LogP contribution is -2.45. The van der Waals surface area contributed by atoms with Crippen molar-refractivity contribution in [2.45, 2.75) is 45.7 Å². The zero-order valence-corrected chi connectivity index (χ0v) is 13.8. The number of methoxy groups -OCH3 is 1. The van der Waals surface area contributed by atoms with Crippen LogP contribution in [0.25, 0.3) is 0 Å². The van der Waals surface area contributed by atoms with Crippen LogP contribution in [0.1, 0.15) is 38.7 Å². The fraction of sp³-hybridized carbons (Fsp3) is 0.667. The van der Waals surface area contributed by atoms with Crippen molar-refractivity contribution in [1.29, 1.82) is 0 Å². The van der Waals surface area contributed by atoms with Crippen LogP contribution in [-0.2, 0) is 6.54 Å². The maximum absolute atomic E-state index is 5.49. The number of benzene rings is 1. The number of nitrogens with zero attached hydrogens (tertiary/aromatic N) is 1. The number of ether oxygens (including phenoxy) is 1. The molecule has 1 heterocycles. The molecule has 1 atom stereocenters. The van der Waals surface area contributed by atoms with Gasteiger partial charge in [-0.15, -0.1) is 0 Å². The molecule has 0 radical (unpaired) electrons. The minimum atomic E-state index is 0.655. The maximum atomic E-state index is 5.49. The molecule has 1 N–H and O–H groups in total. The van der Waals surface area contributed by atoms with Crippen LogP contribution in [0.3, 0.4) is 0 Å². The van der Waals surface area contributed by atoms with Crippen LogP contribution in [0, 0.1) is 5.92 Å². The summed E-state index contributed by atoms with van der Waals surface area (Å²) in [6.45, 7) is 8.94. The van der Waals surface area contributed by atoms with Crippen LogP contribution in [0.5, 0.6) is 5.75 Å². The van der Waals surface area contributed by atoms with E-state index in [2.05, 4.69) is 42.3 Å². The third-order valence-electron chi connectivity index (χ3n) is 4.25. The van der Waals surface area contributed by atoms with Crippen molar-refractivity contribution in [3.05, 3.63) is 29.8 Å². The minimum absolute atomic E-state index is 0.655. The molecule has 1 aromatic carbocycles. The van der Waals surface area contributed by atoms with Crippen molar-refractivity contribution in [3.8, 4) is 5.75 Å². The molecule has 1 fully saturated rings. The Morgan fingerprint density at radius 1 is 1.29 bits per heavy atom. The second kappa shape index (κ2) is 8.40. The first kappa shape index (κ1) is 16.3. The molecule has 1 aromatic rings.